The predicted molar refractivity (Wildman–Crippen MR) is 106 cm³/mol. The van der Waals surface area contributed by atoms with Gasteiger partial charge in [-0.1, -0.05) is 39.4 Å². The van der Waals surface area contributed by atoms with Gasteiger partial charge in [-0.15, -0.1) is 0 Å². The zero-order chi connectivity index (χ0) is 18.4. The average Bonchev–Trinajstić information content (AvgIpc) is 2.93. The molecule has 25 heavy (non-hydrogen) atoms. The molecule has 0 fully saturated rings. The summed E-state index contributed by atoms with van der Waals surface area (Å²) in [7, 11) is 0.170. The molecule has 0 radical (unpaired) electrons. The molecule has 2 aromatic rings. The number of benzene rings is 1. The van der Waals surface area contributed by atoms with Crippen LogP contribution in [0.2, 0.25) is 19.6 Å². The van der Waals surface area contributed by atoms with Crippen LogP contribution in [0.3, 0.4) is 0 Å². The van der Waals surface area contributed by atoms with Gasteiger partial charge in [0.15, 0.2) is 8.24 Å². The summed E-state index contributed by atoms with van der Waals surface area (Å²) in [6.07, 6.45) is 6.62. The first-order valence-corrected chi connectivity index (χ1v) is 12.7. The fourth-order valence-electron chi connectivity index (χ4n) is 3.02. The first kappa shape index (κ1) is 19.6. The van der Waals surface area contributed by atoms with Crippen LogP contribution in [-0.4, -0.2) is 32.2 Å². The maximum Gasteiger partial charge on any atom is 0.305 e. The Balaban J connectivity index is 2.13. The Hall–Kier alpha value is -1.75. The number of carbonyl (C=O) groups excluding carboxylic acids is 1. The van der Waals surface area contributed by atoms with Gasteiger partial charge in [0.1, 0.15) is 5.75 Å². The number of nitrogens with zero attached hydrogens (tertiary/aromatic N) is 1. The summed E-state index contributed by atoms with van der Waals surface area (Å²) in [5, 5.41) is 1.20. The smallest absolute Gasteiger partial charge is 0.305 e. The number of hydrogen-bond donors (Lipinski definition) is 0. The third-order valence-corrected chi connectivity index (χ3v) is 6.25. The van der Waals surface area contributed by atoms with E-state index in [9.17, 15) is 4.79 Å². The number of methoxy groups -OCH3 is 1. The maximum atomic E-state index is 11.8. The Labute approximate surface area is 152 Å². The minimum absolute atomic E-state index is 0.0834. The van der Waals surface area contributed by atoms with Crippen LogP contribution in [0.5, 0.6) is 5.75 Å². The maximum absolute atomic E-state index is 11.8. The summed E-state index contributed by atoms with van der Waals surface area (Å²) in [4.78, 5) is 11.8. The van der Waals surface area contributed by atoms with Gasteiger partial charge in [0.25, 0.3) is 0 Å². The number of hydrogen-bond acceptors (Lipinski definition) is 3. The summed E-state index contributed by atoms with van der Waals surface area (Å²) in [5.41, 5.74) is 2.46. The van der Waals surface area contributed by atoms with Gasteiger partial charge in [0, 0.05) is 23.7 Å². The molecule has 4 nitrogen and oxygen atoms in total. The molecular formula is C20H31NO3Si. The van der Waals surface area contributed by atoms with Gasteiger partial charge in [-0.2, -0.15) is 0 Å². The highest BCUT2D eigenvalue weighted by Crippen LogP contribution is 2.29. The van der Waals surface area contributed by atoms with E-state index in [0.29, 0.717) is 13.0 Å². The zero-order valence-electron chi connectivity index (χ0n) is 16.2. The zero-order valence-corrected chi connectivity index (χ0v) is 17.2. The molecule has 0 atom stereocenters. The fourth-order valence-corrected chi connectivity index (χ4v) is 4.49. The van der Waals surface area contributed by atoms with Crippen molar-refractivity contribution in [1.29, 1.82) is 0 Å². The summed E-state index contributed by atoms with van der Waals surface area (Å²) in [5.74, 6) is 0.776. The molecule has 5 heteroatoms. The van der Waals surface area contributed by atoms with Crippen molar-refractivity contribution < 1.29 is 14.3 Å². The largest absolute Gasteiger partial charge is 0.497 e. The fraction of sp³-hybridized carbons (Fsp3) is 0.550. The number of ether oxygens (including phenoxy) is 2. The standard InChI is InChI=1S/C20H31NO3Si/c1-6-7-8-9-20(22)24-13-12-16-15-21(25(3,4)5)19-11-10-17(23-2)14-18(16)19/h10-11,14-15H,6-9,12-13H2,1-5H3. The Morgan fingerprint density at radius 1 is 1.20 bits per heavy atom. The lowest BCUT2D eigenvalue weighted by Gasteiger charge is -2.20. The van der Waals surface area contributed by atoms with Crippen molar-refractivity contribution in [3.63, 3.8) is 0 Å². The highest BCUT2D eigenvalue weighted by atomic mass is 28.3. The van der Waals surface area contributed by atoms with Crippen molar-refractivity contribution >= 4 is 25.1 Å². The molecule has 0 N–H and O–H groups in total. The second-order valence-electron chi connectivity index (χ2n) is 7.51. The number of carbonyl (C=O) groups is 1. The van der Waals surface area contributed by atoms with E-state index in [-0.39, 0.29) is 5.97 Å². The molecule has 1 aromatic heterocycles. The summed E-state index contributed by atoms with van der Waals surface area (Å²) in [6.45, 7) is 9.55. The quantitative estimate of drug-likeness (QED) is 0.358. The predicted octanol–water partition coefficient (Wildman–Crippen LogP) is 5.00. The molecule has 0 bridgehead atoms. The van der Waals surface area contributed by atoms with Crippen LogP contribution in [-0.2, 0) is 16.0 Å². The topological polar surface area (TPSA) is 40.5 Å². The van der Waals surface area contributed by atoms with Gasteiger partial charge < -0.3 is 13.7 Å². The lowest BCUT2D eigenvalue weighted by atomic mass is 10.1. The molecule has 0 aliphatic heterocycles. The van der Waals surface area contributed by atoms with Crippen LogP contribution in [0.4, 0.5) is 0 Å². The van der Waals surface area contributed by atoms with E-state index in [1.807, 2.05) is 6.07 Å². The first-order valence-electron chi connectivity index (χ1n) is 9.21. The van der Waals surface area contributed by atoms with Crippen molar-refractivity contribution in [2.75, 3.05) is 13.7 Å². The number of unbranched alkanes of at least 4 members (excludes halogenated alkanes) is 2. The lowest BCUT2D eigenvalue weighted by Crippen LogP contribution is -2.31. The van der Waals surface area contributed by atoms with Crippen LogP contribution < -0.4 is 4.74 Å². The van der Waals surface area contributed by atoms with Gasteiger partial charge in [-0.05, 0) is 36.4 Å². The van der Waals surface area contributed by atoms with Crippen LogP contribution >= 0.6 is 0 Å². The highest BCUT2D eigenvalue weighted by Gasteiger charge is 2.21. The van der Waals surface area contributed by atoms with E-state index in [1.165, 1.54) is 16.5 Å². The van der Waals surface area contributed by atoms with Crippen molar-refractivity contribution in [1.82, 2.24) is 4.23 Å². The van der Waals surface area contributed by atoms with E-state index in [4.69, 9.17) is 9.47 Å². The third kappa shape index (κ3) is 5.11. The van der Waals surface area contributed by atoms with E-state index in [2.05, 4.69) is 49.1 Å². The Bertz CT molecular complexity index is 716. The van der Waals surface area contributed by atoms with Gasteiger partial charge in [0.2, 0.25) is 0 Å². The van der Waals surface area contributed by atoms with Crippen molar-refractivity contribution in [3.05, 3.63) is 30.0 Å². The first-order chi connectivity index (χ1) is 11.9. The molecule has 0 saturated heterocycles. The number of rotatable bonds is 9. The van der Waals surface area contributed by atoms with E-state index >= 15 is 0 Å². The third-order valence-electron chi connectivity index (χ3n) is 4.44. The van der Waals surface area contributed by atoms with Gasteiger partial charge in [0.05, 0.1) is 13.7 Å². The molecular weight excluding hydrogens is 330 g/mol. The van der Waals surface area contributed by atoms with Crippen molar-refractivity contribution in [2.24, 2.45) is 0 Å². The molecule has 1 aromatic carbocycles. The summed E-state index contributed by atoms with van der Waals surface area (Å²) >= 11 is 0. The molecule has 0 unspecified atom stereocenters. The average molecular weight is 362 g/mol. The van der Waals surface area contributed by atoms with Crippen molar-refractivity contribution in [3.8, 4) is 5.75 Å². The minimum atomic E-state index is -1.52. The van der Waals surface area contributed by atoms with Gasteiger partial charge in [-0.25, -0.2) is 0 Å². The van der Waals surface area contributed by atoms with Crippen LogP contribution in [0, 0.1) is 0 Å². The minimum Gasteiger partial charge on any atom is -0.497 e. The molecule has 0 aliphatic carbocycles. The van der Waals surface area contributed by atoms with E-state index < -0.39 is 8.24 Å². The molecule has 0 spiro atoms. The number of esters is 1. The molecule has 0 saturated carbocycles. The summed E-state index contributed by atoms with van der Waals surface area (Å²) < 4.78 is 13.2. The monoisotopic (exact) mass is 361 g/mol. The van der Waals surface area contributed by atoms with Crippen LogP contribution in [0.25, 0.3) is 10.9 Å². The Morgan fingerprint density at radius 3 is 2.60 bits per heavy atom. The lowest BCUT2D eigenvalue weighted by molar-refractivity contribution is -0.143. The molecule has 2 rings (SSSR count). The van der Waals surface area contributed by atoms with Crippen LogP contribution in [0.1, 0.15) is 38.2 Å². The summed E-state index contributed by atoms with van der Waals surface area (Å²) in [6, 6.07) is 6.23. The van der Waals surface area contributed by atoms with Gasteiger partial charge >= 0.3 is 5.97 Å². The van der Waals surface area contributed by atoms with E-state index in [1.54, 1.807) is 7.11 Å². The molecule has 0 aliphatic rings. The molecule has 1 heterocycles. The Kier molecular flexibility index (Phi) is 6.70. The number of aromatic nitrogens is 1. The Morgan fingerprint density at radius 2 is 1.96 bits per heavy atom. The highest BCUT2D eigenvalue weighted by molar-refractivity contribution is 6.75. The van der Waals surface area contributed by atoms with Crippen LogP contribution in [0.15, 0.2) is 24.4 Å². The van der Waals surface area contributed by atoms with Crippen molar-refractivity contribution in [2.45, 2.75) is 58.7 Å². The second kappa shape index (κ2) is 8.56. The van der Waals surface area contributed by atoms with E-state index in [0.717, 1.165) is 31.4 Å². The second-order valence-corrected chi connectivity index (χ2v) is 12.3. The SMILES string of the molecule is CCCCCC(=O)OCCc1cn([Si](C)(C)C)c2ccc(OC)cc12. The number of fused-ring (bicyclic) bond motifs is 1. The molecule has 138 valence electrons. The van der Waals surface area contributed by atoms with Gasteiger partial charge in [-0.3, -0.25) is 4.79 Å². The molecule has 0 amide bonds. The normalized spacial score (nSPS) is 11.7.